The van der Waals surface area contributed by atoms with E-state index in [1.165, 1.54) is 0 Å². The zero-order valence-corrected chi connectivity index (χ0v) is 9.91. The van der Waals surface area contributed by atoms with Gasteiger partial charge in [0, 0.05) is 7.05 Å². The molecule has 1 aromatic carbocycles. The normalized spacial score (nSPS) is 11.9. The van der Waals surface area contributed by atoms with E-state index in [0.29, 0.717) is 6.61 Å². The van der Waals surface area contributed by atoms with Crippen LogP contribution in [-0.2, 0) is 4.79 Å². The Morgan fingerprint density at radius 1 is 1.38 bits per heavy atom. The third-order valence-corrected chi connectivity index (χ3v) is 2.33. The molecule has 0 radical (unpaired) electrons. The van der Waals surface area contributed by atoms with E-state index >= 15 is 0 Å². The van der Waals surface area contributed by atoms with Crippen molar-refractivity contribution in [2.24, 2.45) is 0 Å². The van der Waals surface area contributed by atoms with Gasteiger partial charge in [-0.05, 0) is 31.5 Å². The summed E-state index contributed by atoms with van der Waals surface area (Å²) >= 11 is 0. The van der Waals surface area contributed by atoms with Crippen molar-refractivity contribution >= 4 is 5.91 Å². The fraction of sp³-hybridized carbons (Fsp3) is 0.417. The average molecular weight is 222 g/mol. The van der Waals surface area contributed by atoms with Crippen LogP contribution in [-0.4, -0.2) is 19.6 Å². The number of hydrogen-bond acceptors (Lipinski definition) is 3. The van der Waals surface area contributed by atoms with Gasteiger partial charge in [0.15, 0.2) is 0 Å². The summed E-state index contributed by atoms with van der Waals surface area (Å²) in [4.78, 5) is 11.5. The summed E-state index contributed by atoms with van der Waals surface area (Å²) in [5.74, 6) is 0.599. The van der Waals surface area contributed by atoms with E-state index in [4.69, 9.17) is 4.74 Å². The molecule has 0 spiro atoms. The molecule has 1 aromatic rings. The van der Waals surface area contributed by atoms with E-state index in [1.807, 2.05) is 38.1 Å². The van der Waals surface area contributed by atoms with Crippen LogP contribution in [0.3, 0.4) is 0 Å². The molecule has 1 rings (SSSR count). The second-order valence-electron chi connectivity index (χ2n) is 3.46. The number of ether oxygens (including phenoxy) is 1. The second-order valence-corrected chi connectivity index (χ2v) is 3.46. The molecule has 4 nitrogen and oxygen atoms in total. The fourth-order valence-electron chi connectivity index (χ4n) is 1.40. The van der Waals surface area contributed by atoms with Gasteiger partial charge in [-0.15, -0.1) is 0 Å². The van der Waals surface area contributed by atoms with Crippen LogP contribution in [0, 0.1) is 0 Å². The van der Waals surface area contributed by atoms with E-state index in [-0.39, 0.29) is 11.8 Å². The lowest BCUT2D eigenvalue weighted by atomic mass is 10.0. The molecule has 16 heavy (non-hydrogen) atoms. The molecule has 0 saturated carbocycles. The molecule has 1 amide bonds. The highest BCUT2D eigenvalue weighted by molar-refractivity contribution is 5.82. The van der Waals surface area contributed by atoms with Gasteiger partial charge in [0.25, 0.3) is 0 Å². The number of amides is 1. The third-order valence-electron chi connectivity index (χ3n) is 2.33. The summed E-state index contributed by atoms with van der Waals surface area (Å²) in [5.41, 5.74) is 6.16. The third kappa shape index (κ3) is 3.24. The minimum Gasteiger partial charge on any atom is -0.494 e. The van der Waals surface area contributed by atoms with Gasteiger partial charge < -0.3 is 4.74 Å². The summed E-state index contributed by atoms with van der Waals surface area (Å²) in [6.45, 7) is 4.45. The number of hydrogen-bond donors (Lipinski definition) is 2. The van der Waals surface area contributed by atoms with Crippen molar-refractivity contribution in [3.8, 4) is 5.75 Å². The first-order valence-electron chi connectivity index (χ1n) is 5.38. The van der Waals surface area contributed by atoms with Crippen molar-refractivity contribution in [2.45, 2.75) is 19.8 Å². The minimum atomic E-state index is -0.178. The molecule has 0 aliphatic carbocycles. The van der Waals surface area contributed by atoms with Crippen molar-refractivity contribution in [3.63, 3.8) is 0 Å². The Bertz CT molecular complexity index is 335. The smallest absolute Gasteiger partial charge is 0.241 e. The number of carbonyl (C=O) groups excluding carboxylic acids is 1. The van der Waals surface area contributed by atoms with Crippen LogP contribution in [0.2, 0.25) is 0 Å². The van der Waals surface area contributed by atoms with E-state index < -0.39 is 0 Å². The summed E-state index contributed by atoms with van der Waals surface area (Å²) in [6, 6.07) is 7.57. The van der Waals surface area contributed by atoms with Crippen LogP contribution in [0.25, 0.3) is 0 Å². The number of rotatable bonds is 5. The van der Waals surface area contributed by atoms with Crippen molar-refractivity contribution < 1.29 is 9.53 Å². The lowest BCUT2D eigenvalue weighted by Crippen LogP contribution is -2.37. The van der Waals surface area contributed by atoms with E-state index in [9.17, 15) is 4.79 Å². The van der Waals surface area contributed by atoms with Crippen LogP contribution in [0.1, 0.15) is 25.3 Å². The highest BCUT2D eigenvalue weighted by atomic mass is 16.5. The molecule has 0 bridgehead atoms. The molecule has 0 aromatic heterocycles. The molecule has 0 heterocycles. The van der Waals surface area contributed by atoms with E-state index in [2.05, 4.69) is 10.9 Å². The highest BCUT2D eigenvalue weighted by Gasteiger charge is 2.13. The monoisotopic (exact) mass is 222 g/mol. The molecule has 0 saturated heterocycles. The molecule has 0 aliphatic heterocycles. The van der Waals surface area contributed by atoms with Crippen LogP contribution < -0.4 is 15.6 Å². The molecule has 0 aliphatic rings. The Morgan fingerprint density at radius 3 is 2.50 bits per heavy atom. The number of carbonyl (C=O) groups is 1. The number of nitrogens with one attached hydrogen (secondary N) is 2. The molecule has 88 valence electrons. The molecular formula is C12H18N2O2. The van der Waals surface area contributed by atoms with Gasteiger partial charge >= 0.3 is 0 Å². The van der Waals surface area contributed by atoms with E-state index in [1.54, 1.807) is 7.05 Å². The fourth-order valence-corrected chi connectivity index (χ4v) is 1.40. The first-order chi connectivity index (χ1) is 7.69. The predicted octanol–water partition coefficient (Wildman–Crippen LogP) is 1.44. The molecule has 1 unspecified atom stereocenters. The summed E-state index contributed by atoms with van der Waals surface area (Å²) in [5, 5.41) is 0. The maximum absolute atomic E-state index is 11.5. The van der Waals surface area contributed by atoms with Gasteiger partial charge in [-0.1, -0.05) is 12.1 Å². The highest BCUT2D eigenvalue weighted by Crippen LogP contribution is 2.19. The van der Waals surface area contributed by atoms with Gasteiger partial charge in [-0.3, -0.25) is 10.2 Å². The van der Waals surface area contributed by atoms with Gasteiger partial charge in [0.1, 0.15) is 5.75 Å². The zero-order valence-electron chi connectivity index (χ0n) is 9.91. The van der Waals surface area contributed by atoms with Gasteiger partial charge in [-0.2, -0.15) is 0 Å². The van der Waals surface area contributed by atoms with Crippen LogP contribution in [0.4, 0.5) is 0 Å². The average Bonchev–Trinajstić information content (AvgIpc) is 2.30. The molecule has 4 heteroatoms. The molecule has 2 N–H and O–H groups in total. The number of hydrazine groups is 1. The van der Waals surface area contributed by atoms with Crippen molar-refractivity contribution in [3.05, 3.63) is 29.8 Å². The topological polar surface area (TPSA) is 50.4 Å². The maximum atomic E-state index is 11.5. The Labute approximate surface area is 96.0 Å². The minimum absolute atomic E-state index is 0.0494. The summed E-state index contributed by atoms with van der Waals surface area (Å²) in [6.07, 6.45) is 0. The lowest BCUT2D eigenvalue weighted by molar-refractivity contribution is -0.123. The Balaban J connectivity index is 2.69. The first kappa shape index (κ1) is 12.5. The Morgan fingerprint density at radius 2 is 2.00 bits per heavy atom. The molecular weight excluding hydrogens is 204 g/mol. The van der Waals surface area contributed by atoms with Crippen LogP contribution in [0.5, 0.6) is 5.75 Å². The van der Waals surface area contributed by atoms with Gasteiger partial charge in [0.2, 0.25) is 5.91 Å². The van der Waals surface area contributed by atoms with Gasteiger partial charge in [0.05, 0.1) is 12.5 Å². The number of benzene rings is 1. The van der Waals surface area contributed by atoms with E-state index in [0.717, 1.165) is 11.3 Å². The van der Waals surface area contributed by atoms with Gasteiger partial charge in [-0.25, -0.2) is 5.43 Å². The summed E-state index contributed by atoms with van der Waals surface area (Å²) in [7, 11) is 1.67. The predicted molar refractivity (Wildman–Crippen MR) is 63.2 cm³/mol. The Hall–Kier alpha value is -1.55. The second kappa shape index (κ2) is 6.12. The first-order valence-corrected chi connectivity index (χ1v) is 5.38. The summed E-state index contributed by atoms with van der Waals surface area (Å²) < 4.78 is 5.34. The largest absolute Gasteiger partial charge is 0.494 e. The molecule has 0 fully saturated rings. The van der Waals surface area contributed by atoms with Crippen molar-refractivity contribution in [2.75, 3.05) is 13.7 Å². The quantitative estimate of drug-likeness (QED) is 0.741. The van der Waals surface area contributed by atoms with Crippen molar-refractivity contribution in [1.82, 2.24) is 10.9 Å². The molecule has 1 atom stereocenters. The van der Waals surface area contributed by atoms with Crippen LogP contribution >= 0.6 is 0 Å². The SMILES string of the molecule is CCOc1ccc(C(C)C(=O)NNC)cc1. The van der Waals surface area contributed by atoms with Crippen molar-refractivity contribution in [1.29, 1.82) is 0 Å². The maximum Gasteiger partial charge on any atom is 0.241 e. The Kier molecular flexibility index (Phi) is 4.79. The van der Waals surface area contributed by atoms with Crippen LogP contribution in [0.15, 0.2) is 24.3 Å². The zero-order chi connectivity index (χ0) is 12.0. The lowest BCUT2D eigenvalue weighted by Gasteiger charge is -2.12. The standard InChI is InChI=1S/C12H18N2O2/c1-4-16-11-7-5-10(6-8-11)9(2)12(15)14-13-3/h5-9,13H,4H2,1-3H3,(H,14,15).